The zero-order valence-electron chi connectivity index (χ0n) is 13.7. The first-order valence-electron chi connectivity index (χ1n) is 8.44. The molecule has 1 aliphatic heterocycles. The molecule has 3 rings (SSSR count). The molecule has 0 aromatic carbocycles. The average Bonchev–Trinajstić information content (AvgIpc) is 2.95. The molecule has 0 bridgehead atoms. The van der Waals surface area contributed by atoms with Crippen LogP contribution < -0.4 is 10.2 Å². The van der Waals surface area contributed by atoms with E-state index in [4.69, 9.17) is 4.98 Å². The Morgan fingerprint density at radius 3 is 2.33 bits per heavy atom. The van der Waals surface area contributed by atoms with Gasteiger partial charge < -0.3 is 10.2 Å². The van der Waals surface area contributed by atoms with Gasteiger partial charge in [-0.05, 0) is 31.1 Å². The maximum absolute atomic E-state index is 4.79. The summed E-state index contributed by atoms with van der Waals surface area (Å²) in [5, 5.41) is 3.17. The molecule has 4 heteroatoms. The molecule has 2 heterocycles. The van der Waals surface area contributed by atoms with Crippen LogP contribution >= 0.6 is 0 Å². The molecule has 2 aliphatic rings. The van der Waals surface area contributed by atoms with Crippen LogP contribution in [0.2, 0.25) is 0 Å². The SMILES string of the molecule is CNc1cc(N2CCC3(CCCC3)CC2)nc(C(C)C)n1. The molecule has 21 heavy (non-hydrogen) atoms. The van der Waals surface area contributed by atoms with Gasteiger partial charge in [0.15, 0.2) is 0 Å². The fourth-order valence-corrected chi connectivity index (χ4v) is 3.84. The third-order valence-electron chi connectivity index (χ3n) is 5.31. The highest BCUT2D eigenvalue weighted by Crippen LogP contribution is 2.46. The Hall–Kier alpha value is -1.32. The van der Waals surface area contributed by atoms with Gasteiger partial charge in [0.05, 0.1) is 0 Å². The minimum absolute atomic E-state index is 0.364. The lowest BCUT2D eigenvalue weighted by Gasteiger charge is -2.40. The second kappa shape index (κ2) is 5.82. The van der Waals surface area contributed by atoms with E-state index < -0.39 is 0 Å². The van der Waals surface area contributed by atoms with E-state index in [1.807, 2.05) is 7.05 Å². The molecule has 2 fully saturated rings. The van der Waals surface area contributed by atoms with Crippen molar-refractivity contribution in [3.63, 3.8) is 0 Å². The molecule has 1 saturated carbocycles. The van der Waals surface area contributed by atoms with Gasteiger partial charge in [0.1, 0.15) is 17.5 Å². The van der Waals surface area contributed by atoms with Crippen LogP contribution in [0.15, 0.2) is 6.07 Å². The van der Waals surface area contributed by atoms with Crippen LogP contribution in [0, 0.1) is 5.41 Å². The zero-order valence-corrected chi connectivity index (χ0v) is 13.7. The van der Waals surface area contributed by atoms with Crippen molar-refractivity contribution >= 4 is 11.6 Å². The van der Waals surface area contributed by atoms with Crippen LogP contribution in [0.3, 0.4) is 0 Å². The van der Waals surface area contributed by atoms with Crippen molar-refractivity contribution in [2.75, 3.05) is 30.4 Å². The number of hydrogen-bond acceptors (Lipinski definition) is 4. The van der Waals surface area contributed by atoms with Gasteiger partial charge >= 0.3 is 0 Å². The average molecular weight is 288 g/mol. The lowest BCUT2D eigenvalue weighted by Crippen LogP contribution is -2.39. The Balaban J connectivity index is 1.76. The second-order valence-electron chi connectivity index (χ2n) is 7.07. The lowest BCUT2D eigenvalue weighted by molar-refractivity contribution is 0.226. The van der Waals surface area contributed by atoms with Crippen LogP contribution in [0.25, 0.3) is 0 Å². The van der Waals surface area contributed by atoms with Gasteiger partial charge in [0.25, 0.3) is 0 Å². The molecule has 116 valence electrons. The summed E-state index contributed by atoms with van der Waals surface area (Å²) < 4.78 is 0. The lowest BCUT2D eigenvalue weighted by atomic mass is 9.77. The Labute approximate surface area is 128 Å². The maximum atomic E-state index is 4.79. The first-order valence-corrected chi connectivity index (χ1v) is 8.44. The van der Waals surface area contributed by atoms with E-state index in [0.717, 1.165) is 30.5 Å². The third kappa shape index (κ3) is 2.99. The quantitative estimate of drug-likeness (QED) is 0.918. The van der Waals surface area contributed by atoms with Crippen molar-refractivity contribution < 1.29 is 0 Å². The fraction of sp³-hybridized carbons (Fsp3) is 0.765. The summed E-state index contributed by atoms with van der Waals surface area (Å²) >= 11 is 0. The second-order valence-corrected chi connectivity index (χ2v) is 7.07. The Morgan fingerprint density at radius 1 is 1.10 bits per heavy atom. The Morgan fingerprint density at radius 2 is 1.76 bits per heavy atom. The molecule has 0 atom stereocenters. The Kier molecular flexibility index (Phi) is 4.05. The predicted octanol–water partition coefficient (Wildman–Crippen LogP) is 3.80. The number of nitrogens with one attached hydrogen (secondary N) is 1. The smallest absolute Gasteiger partial charge is 0.135 e. The molecule has 0 unspecified atom stereocenters. The monoisotopic (exact) mass is 288 g/mol. The number of piperidine rings is 1. The van der Waals surface area contributed by atoms with Gasteiger partial charge in [-0.2, -0.15) is 0 Å². The van der Waals surface area contributed by atoms with Crippen molar-refractivity contribution in [3.05, 3.63) is 11.9 Å². The summed E-state index contributed by atoms with van der Waals surface area (Å²) in [7, 11) is 1.93. The van der Waals surface area contributed by atoms with Crippen LogP contribution in [0.5, 0.6) is 0 Å². The summed E-state index contributed by atoms with van der Waals surface area (Å²) in [6, 6.07) is 2.10. The summed E-state index contributed by atoms with van der Waals surface area (Å²) in [5.41, 5.74) is 0.663. The van der Waals surface area contributed by atoms with Crippen LogP contribution in [-0.2, 0) is 0 Å². The minimum atomic E-state index is 0.364. The van der Waals surface area contributed by atoms with Gasteiger partial charge in [0, 0.05) is 32.1 Å². The van der Waals surface area contributed by atoms with Crippen LogP contribution in [0.1, 0.15) is 64.1 Å². The highest BCUT2D eigenvalue weighted by Gasteiger charge is 2.37. The maximum Gasteiger partial charge on any atom is 0.135 e. The first-order chi connectivity index (χ1) is 10.1. The summed E-state index contributed by atoms with van der Waals surface area (Å²) in [6.45, 7) is 6.61. The summed E-state index contributed by atoms with van der Waals surface area (Å²) in [5.74, 6) is 3.34. The van der Waals surface area contributed by atoms with Crippen molar-refractivity contribution in [1.82, 2.24) is 9.97 Å². The highest BCUT2D eigenvalue weighted by molar-refractivity contribution is 5.49. The van der Waals surface area contributed by atoms with Crippen molar-refractivity contribution in [1.29, 1.82) is 0 Å². The van der Waals surface area contributed by atoms with Gasteiger partial charge in [-0.25, -0.2) is 9.97 Å². The molecular formula is C17H28N4. The van der Waals surface area contributed by atoms with E-state index in [1.165, 1.54) is 38.5 Å². The minimum Gasteiger partial charge on any atom is -0.373 e. The first kappa shape index (κ1) is 14.6. The molecule has 1 saturated heterocycles. The normalized spacial score (nSPS) is 21.2. The van der Waals surface area contributed by atoms with E-state index in [2.05, 4.69) is 35.1 Å². The van der Waals surface area contributed by atoms with Crippen molar-refractivity contribution in [3.8, 4) is 0 Å². The summed E-state index contributed by atoms with van der Waals surface area (Å²) in [4.78, 5) is 11.8. The topological polar surface area (TPSA) is 41.0 Å². The molecule has 4 nitrogen and oxygen atoms in total. The van der Waals surface area contributed by atoms with Gasteiger partial charge in [0.2, 0.25) is 0 Å². The Bertz CT molecular complexity index is 482. The molecule has 1 aliphatic carbocycles. The molecule has 0 radical (unpaired) electrons. The molecule has 0 amide bonds. The number of anilines is 2. The summed E-state index contributed by atoms with van der Waals surface area (Å²) in [6.07, 6.45) is 8.45. The molecule has 1 N–H and O–H groups in total. The van der Waals surface area contributed by atoms with Gasteiger partial charge in [-0.3, -0.25) is 0 Å². The number of hydrogen-bond donors (Lipinski definition) is 1. The van der Waals surface area contributed by atoms with E-state index in [-0.39, 0.29) is 0 Å². The third-order valence-corrected chi connectivity index (χ3v) is 5.31. The molecular weight excluding hydrogens is 260 g/mol. The van der Waals surface area contributed by atoms with E-state index in [1.54, 1.807) is 0 Å². The molecule has 1 spiro atoms. The fourth-order valence-electron chi connectivity index (χ4n) is 3.84. The molecule has 1 aromatic heterocycles. The molecule has 1 aromatic rings. The van der Waals surface area contributed by atoms with Crippen molar-refractivity contribution in [2.45, 2.75) is 58.3 Å². The predicted molar refractivity (Wildman–Crippen MR) is 88.0 cm³/mol. The largest absolute Gasteiger partial charge is 0.373 e. The van der Waals surface area contributed by atoms with Crippen molar-refractivity contribution in [2.24, 2.45) is 5.41 Å². The van der Waals surface area contributed by atoms with Crippen LogP contribution in [0.4, 0.5) is 11.6 Å². The van der Waals surface area contributed by atoms with Crippen LogP contribution in [-0.4, -0.2) is 30.1 Å². The zero-order chi connectivity index (χ0) is 14.9. The van der Waals surface area contributed by atoms with E-state index >= 15 is 0 Å². The standard InChI is InChI=1S/C17H28N4/c1-13(2)16-19-14(18-3)12-15(20-16)21-10-8-17(9-11-21)6-4-5-7-17/h12-13H,4-11H2,1-3H3,(H,18,19,20). The van der Waals surface area contributed by atoms with E-state index in [9.17, 15) is 0 Å². The van der Waals surface area contributed by atoms with Gasteiger partial charge in [-0.1, -0.05) is 26.7 Å². The number of nitrogens with zero attached hydrogens (tertiary/aromatic N) is 3. The number of rotatable bonds is 3. The van der Waals surface area contributed by atoms with Gasteiger partial charge in [-0.15, -0.1) is 0 Å². The van der Waals surface area contributed by atoms with E-state index in [0.29, 0.717) is 11.3 Å². The number of aromatic nitrogens is 2. The highest BCUT2D eigenvalue weighted by atomic mass is 15.2.